The Morgan fingerprint density at radius 2 is 1.86 bits per heavy atom. The maximum atomic E-state index is 13.0. The molecule has 9 heteroatoms. The van der Waals surface area contributed by atoms with E-state index in [1.54, 1.807) is 27.4 Å². The molecular weight excluding hydrogens is 382 g/mol. The second kappa shape index (κ2) is 9.20. The van der Waals surface area contributed by atoms with Crippen molar-refractivity contribution in [2.45, 2.75) is 31.3 Å². The largest absolute Gasteiger partial charge is 0.495 e. The molecule has 2 amide bonds. The van der Waals surface area contributed by atoms with Crippen LogP contribution in [0.25, 0.3) is 0 Å². The number of amides is 2. The van der Waals surface area contributed by atoms with Gasteiger partial charge in [-0.3, -0.25) is 4.79 Å². The smallest absolute Gasteiger partial charge is 0.410 e. The Hall–Kier alpha value is -2.39. The van der Waals surface area contributed by atoms with Gasteiger partial charge in [0.05, 0.1) is 12.0 Å². The number of piperazine rings is 1. The third kappa shape index (κ3) is 5.80. The van der Waals surface area contributed by atoms with Crippen LogP contribution in [0.4, 0.5) is 10.5 Å². The fraction of sp³-hybridized carbons (Fsp3) is 0.474. The van der Waals surface area contributed by atoms with E-state index < -0.39 is 16.6 Å². The van der Waals surface area contributed by atoms with Gasteiger partial charge in [-0.15, -0.1) is 0 Å². The minimum Gasteiger partial charge on any atom is -0.495 e. The zero-order chi connectivity index (χ0) is 20.9. The van der Waals surface area contributed by atoms with E-state index in [1.807, 2.05) is 20.8 Å². The van der Waals surface area contributed by atoms with Gasteiger partial charge in [0.15, 0.2) is 0 Å². The van der Waals surface area contributed by atoms with Gasteiger partial charge in [-0.2, -0.15) is 0 Å². The molecule has 1 saturated heterocycles. The number of hydrogen-bond acceptors (Lipinski definition) is 5. The summed E-state index contributed by atoms with van der Waals surface area (Å²) in [4.78, 5) is 25.7. The summed E-state index contributed by atoms with van der Waals surface area (Å²) < 4.78 is 25.5. The predicted molar refractivity (Wildman–Crippen MR) is 108 cm³/mol. The molecule has 1 N–H and O–H groups in total. The third-order valence-corrected chi connectivity index (χ3v) is 5.48. The molecule has 0 aromatic heterocycles. The van der Waals surface area contributed by atoms with Crippen LogP contribution in [0.5, 0.6) is 5.75 Å². The van der Waals surface area contributed by atoms with Crippen LogP contribution >= 0.6 is 0 Å². The van der Waals surface area contributed by atoms with Crippen LogP contribution < -0.4 is 10.1 Å². The van der Waals surface area contributed by atoms with Crippen molar-refractivity contribution in [3.63, 3.8) is 0 Å². The van der Waals surface area contributed by atoms with Gasteiger partial charge in [0.25, 0.3) is 0 Å². The first-order chi connectivity index (χ1) is 13.1. The van der Waals surface area contributed by atoms with Crippen molar-refractivity contribution in [3.05, 3.63) is 30.9 Å². The number of nitrogens with zero attached hydrogens (tertiary/aromatic N) is 2. The molecule has 1 unspecified atom stereocenters. The standard InChI is InChI=1S/C19H27N3O5S/c1-6-17(23)20-14-7-8-16(15(13-14)26-5)28(25)22-11-9-21(10-12-22)18(24)27-19(2,3)4/h6-8,13H,1,9-12H2,2-5H3,(H,20,23). The summed E-state index contributed by atoms with van der Waals surface area (Å²) in [5, 5.41) is 2.64. The lowest BCUT2D eigenvalue weighted by atomic mass is 10.2. The lowest BCUT2D eigenvalue weighted by molar-refractivity contribution is -0.111. The normalized spacial score (nSPS) is 16.2. The highest BCUT2D eigenvalue weighted by atomic mass is 32.2. The Bertz CT molecular complexity index is 767. The maximum Gasteiger partial charge on any atom is 0.410 e. The van der Waals surface area contributed by atoms with E-state index in [-0.39, 0.29) is 12.0 Å². The fourth-order valence-corrected chi connectivity index (χ4v) is 3.86. The first-order valence-corrected chi connectivity index (χ1v) is 10.0. The summed E-state index contributed by atoms with van der Waals surface area (Å²) in [6.45, 7) is 10.6. The van der Waals surface area contributed by atoms with Crippen LogP contribution in [0.1, 0.15) is 20.8 Å². The SMILES string of the molecule is C=CC(=O)Nc1ccc(S(=O)N2CCN(C(=O)OC(C)(C)C)CC2)c(OC)c1. The molecule has 0 spiro atoms. The summed E-state index contributed by atoms with van der Waals surface area (Å²) >= 11 is 0. The Balaban J connectivity index is 2.04. The van der Waals surface area contributed by atoms with E-state index in [0.29, 0.717) is 42.5 Å². The summed E-state index contributed by atoms with van der Waals surface area (Å²) in [7, 11) is 0.0272. The number of benzene rings is 1. The molecule has 0 saturated carbocycles. The van der Waals surface area contributed by atoms with Gasteiger partial charge in [0.2, 0.25) is 5.91 Å². The average Bonchev–Trinajstić information content (AvgIpc) is 2.66. The van der Waals surface area contributed by atoms with Crippen LogP contribution in [-0.2, 0) is 20.5 Å². The molecule has 0 aliphatic carbocycles. The van der Waals surface area contributed by atoms with Gasteiger partial charge in [-0.05, 0) is 39.0 Å². The zero-order valence-corrected chi connectivity index (χ0v) is 17.5. The maximum absolute atomic E-state index is 13.0. The van der Waals surface area contributed by atoms with Crippen molar-refractivity contribution in [2.75, 3.05) is 38.6 Å². The summed E-state index contributed by atoms with van der Waals surface area (Å²) in [6, 6.07) is 4.94. The molecule has 1 fully saturated rings. The van der Waals surface area contributed by atoms with Crippen LogP contribution in [0.3, 0.4) is 0 Å². The highest BCUT2D eigenvalue weighted by Crippen LogP contribution is 2.28. The van der Waals surface area contributed by atoms with E-state index in [0.717, 1.165) is 0 Å². The van der Waals surface area contributed by atoms with Crippen LogP contribution in [-0.4, -0.2) is 64.3 Å². The van der Waals surface area contributed by atoms with Crippen molar-refractivity contribution < 1.29 is 23.3 Å². The molecule has 1 aliphatic rings. The molecule has 28 heavy (non-hydrogen) atoms. The molecule has 154 valence electrons. The minimum atomic E-state index is -1.45. The number of methoxy groups -OCH3 is 1. The minimum absolute atomic E-state index is 0.339. The number of rotatable bonds is 5. The zero-order valence-electron chi connectivity index (χ0n) is 16.7. The summed E-state index contributed by atoms with van der Waals surface area (Å²) in [6.07, 6.45) is 0.806. The Morgan fingerprint density at radius 3 is 2.39 bits per heavy atom. The Labute approximate surface area is 168 Å². The van der Waals surface area contributed by atoms with E-state index in [1.165, 1.54) is 13.2 Å². The van der Waals surface area contributed by atoms with Crippen molar-refractivity contribution in [1.82, 2.24) is 9.21 Å². The van der Waals surface area contributed by atoms with Gasteiger partial charge in [0.1, 0.15) is 22.3 Å². The topological polar surface area (TPSA) is 88.2 Å². The Morgan fingerprint density at radius 1 is 1.21 bits per heavy atom. The van der Waals surface area contributed by atoms with Crippen molar-refractivity contribution in [3.8, 4) is 5.75 Å². The fourth-order valence-electron chi connectivity index (χ4n) is 2.58. The lowest BCUT2D eigenvalue weighted by Gasteiger charge is -2.34. The molecule has 0 bridgehead atoms. The lowest BCUT2D eigenvalue weighted by Crippen LogP contribution is -2.50. The molecule has 1 atom stereocenters. The summed E-state index contributed by atoms with van der Waals surface area (Å²) in [5.41, 5.74) is -0.0232. The molecule has 0 radical (unpaired) electrons. The number of hydrogen-bond donors (Lipinski definition) is 1. The van der Waals surface area contributed by atoms with Crippen LogP contribution in [0, 0.1) is 0 Å². The van der Waals surface area contributed by atoms with Gasteiger partial charge in [-0.25, -0.2) is 13.3 Å². The van der Waals surface area contributed by atoms with Crippen LogP contribution in [0.2, 0.25) is 0 Å². The monoisotopic (exact) mass is 409 g/mol. The molecule has 1 aromatic carbocycles. The number of carbonyl (C=O) groups is 2. The molecule has 2 rings (SSSR count). The Kier molecular flexibility index (Phi) is 7.20. The molecule has 1 heterocycles. The summed E-state index contributed by atoms with van der Waals surface area (Å²) in [5.74, 6) is 0.0731. The number of carbonyl (C=O) groups excluding carboxylic acids is 2. The predicted octanol–water partition coefficient (Wildman–Crippen LogP) is 2.40. The average molecular weight is 410 g/mol. The quantitative estimate of drug-likeness (QED) is 0.755. The number of anilines is 1. The van der Waals surface area contributed by atoms with Crippen LogP contribution in [0.15, 0.2) is 35.7 Å². The van der Waals surface area contributed by atoms with E-state index in [9.17, 15) is 13.8 Å². The third-order valence-electron chi connectivity index (χ3n) is 3.93. The molecule has 1 aliphatic heterocycles. The van der Waals surface area contributed by atoms with Gasteiger partial charge < -0.3 is 19.7 Å². The van der Waals surface area contributed by atoms with E-state index in [4.69, 9.17) is 9.47 Å². The second-order valence-electron chi connectivity index (χ2n) is 7.20. The van der Waals surface area contributed by atoms with E-state index in [2.05, 4.69) is 11.9 Å². The molecular formula is C19H27N3O5S. The van der Waals surface area contributed by atoms with Crippen molar-refractivity contribution in [1.29, 1.82) is 0 Å². The highest BCUT2D eigenvalue weighted by Gasteiger charge is 2.29. The van der Waals surface area contributed by atoms with Gasteiger partial charge >= 0.3 is 6.09 Å². The van der Waals surface area contributed by atoms with Gasteiger partial charge in [0, 0.05) is 37.9 Å². The number of nitrogens with one attached hydrogen (secondary N) is 1. The molecule has 1 aromatic rings. The van der Waals surface area contributed by atoms with Gasteiger partial charge in [-0.1, -0.05) is 6.58 Å². The molecule has 8 nitrogen and oxygen atoms in total. The second-order valence-corrected chi connectivity index (χ2v) is 8.66. The first-order valence-electron chi connectivity index (χ1n) is 8.91. The van der Waals surface area contributed by atoms with E-state index >= 15 is 0 Å². The number of ether oxygens (including phenoxy) is 2. The first kappa shape index (κ1) is 21.9. The van der Waals surface area contributed by atoms with Crippen molar-refractivity contribution in [2.24, 2.45) is 0 Å². The van der Waals surface area contributed by atoms with Crippen molar-refractivity contribution >= 4 is 28.7 Å². The highest BCUT2D eigenvalue weighted by molar-refractivity contribution is 7.82.